The maximum absolute atomic E-state index is 10.8. The molecule has 0 spiro atoms. The number of rotatable bonds is 23. The van der Waals surface area contributed by atoms with Gasteiger partial charge in [-0.25, -0.2) is 14.4 Å². The van der Waals surface area contributed by atoms with Crippen molar-refractivity contribution in [3.8, 4) is 0 Å². The third kappa shape index (κ3) is 24.2. The number of carbonyl (C=O) groups excluding carboxylic acids is 3. The Morgan fingerprint density at radius 2 is 0.786 bits per heavy atom. The number of aliphatic imine (C=N–C) groups is 3. The van der Waals surface area contributed by atoms with Gasteiger partial charge in [0, 0.05) is 6.55 Å². The molecule has 0 saturated carbocycles. The summed E-state index contributed by atoms with van der Waals surface area (Å²) in [5, 5.41) is 0. The van der Waals surface area contributed by atoms with Crippen LogP contribution in [0.4, 0.5) is 0 Å². The number of isocyanates is 3. The Labute approximate surface area is 433 Å². The Kier molecular flexibility index (Phi) is 26.0. The lowest BCUT2D eigenvalue weighted by Crippen LogP contribution is -2.54. The average Bonchev–Trinajstić information content (AvgIpc) is 3.19. The largest absolute Gasteiger partial charge is 0.465 e. The molecule has 390 valence electrons. The molecule has 3 unspecified atom stereocenters. The molecule has 3 aromatic rings. The van der Waals surface area contributed by atoms with E-state index in [1.165, 1.54) is 16.7 Å². The number of hydrogen-bond donors (Lipinski definition) is 1. The fourth-order valence-electron chi connectivity index (χ4n) is 8.95. The second kappa shape index (κ2) is 28.0. The zero-order valence-electron chi connectivity index (χ0n) is 47.2. The van der Waals surface area contributed by atoms with Crippen molar-refractivity contribution in [3.05, 3.63) is 106 Å². The first kappa shape index (κ1) is 65.1. The van der Waals surface area contributed by atoms with Crippen LogP contribution in [0.25, 0.3) is 0 Å². The van der Waals surface area contributed by atoms with Gasteiger partial charge in [0.15, 0.2) is 52.1 Å². The predicted molar refractivity (Wildman–Crippen MR) is 310 cm³/mol. The summed E-state index contributed by atoms with van der Waals surface area (Å²) in [5.41, 5.74) is 5.14. The van der Waals surface area contributed by atoms with Gasteiger partial charge in [-0.2, -0.15) is 15.0 Å². The quantitative estimate of drug-likeness (QED) is 0.0561. The van der Waals surface area contributed by atoms with Crippen molar-refractivity contribution < 1.29 is 35.6 Å². The molecule has 0 amide bonds. The molecular formula is C52H91N3O8Si7. The third-order valence-corrected chi connectivity index (χ3v) is 31.9. The molecule has 0 saturated heterocycles. The van der Waals surface area contributed by atoms with E-state index in [2.05, 4.69) is 150 Å². The lowest BCUT2D eigenvalue weighted by Gasteiger charge is -2.38. The molecule has 11 nitrogen and oxygen atoms in total. The molecule has 0 heterocycles. The molecule has 0 radical (unpaired) electrons. The average molecular weight is 1080 g/mol. The minimum atomic E-state index is -2.60. The summed E-state index contributed by atoms with van der Waals surface area (Å²) in [5.74, 6) is 1.09. The van der Waals surface area contributed by atoms with E-state index < -0.39 is 77.5 Å². The first-order valence-electron chi connectivity index (χ1n) is 25.0. The van der Waals surface area contributed by atoms with Crippen LogP contribution in [-0.2, 0) is 47.5 Å². The summed E-state index contributed by atoms with van der Waals surface area (Å²) in [6, 6.07) is 27.8. The zero-order valence-corrected chi connectivity index (χ0v) is 54.6. The number of hydrogen-bond acceptors (Lipinski definition) is 11. The Hall–Kier alpha value is -2.88. The van der Waals surface area contributed by atoms with Crippen LogP contribution in [0.1, 0.15) is 113 Å². The van der Waals surface area contributed by atoms with Crippen LogP contribution >= 0.6 is 0 Å². The summed E-state index contributed by atoms with van der Waals surface area (Å²) in [6.07, 6.45) is 5.01. The van der Waals surface area contributed by atoms with E-state index >= 15 is 0 Å². The second-order valence-electron chi connectivity index (χ2n) is 23.3. The van der Waals surface area contributed by atoms with Gasteiger partial charge in [-0.1, -0.05) is 93.6 Å². The van der Waals surface area contributed by atoms with Crippen LogP contribution < -0.4 is 0 Å². The van der Waals surface area contributed by atoms with Gasteiger partial charge in [0.25, 0.3) is 0 Å². The summed E-state index contributed by atoms with van der Waals surface area (Å²) in [7, 11) is -11.8. The Morgan fingerprint density at radius 1 is 0.500 bits per heavy atom. The van der Waals surface area contributed by atoms with Crippen molar-refractivity contribution in [1.82, 2.24) is 0 Å². The van der Waals surface area contributed by atoms with E-state index in [1.807, 2.05) is 85.0 Å². The Morgan fingerprint density at radius 3 is 1.06 bits per heavy atom. The van der Waals surface area contributed by atoms with Gasteiger partial charge in [-0.15, -0.1) is 0 Å². The third-order valence-electron chi connectivity index (χ3n) is 11.8. The maximum atomic E-state index is 10.8. The van der Waals surface area contributed by atoms with E-state index in [0.29, 0.717) is 17.8 Å². The van der Waals surface area contributed by atoms with Crippen molar-refractivity contribution >= 4 is 79.1 Å². The van der Waals surface area contributed by atoms with Gasteiger partial charge in [-0.05, 0) is 189 Å². The van der Waals surface area contributed by atoms with E-state index in [0.717, 1.165) is 34.8 Å². The van der Waals surface area contributed by atoms with Crippen LogP contribution in [0.15, 0.2) is 87.8 Å². The molecule has 1 N–H and O–H groups in total. The van der Waals surface area contributed by atoms with Crippen LogP contribution in [0.5, 0.6) is 0 Å². The topological polar surface area (TPSA) is 145 Å². The van der Waals surface area contributed by atoms with Crippen LogP contribution in [0, 0.1) is 0 Å². The zero-order chi connectivity index (χ0) is 54.1. The highest BCUT2D eigenvalue weighted by molar-refractivity contribution is 6.85. The molecule has 0 aliphatic carbocycles. The minimum Gasteiger partial charge on any atom is -0.458 e. The summed E-state index contributed by atoms with van der Waals surface area (Å²) in [4.78, 5) is 53.6. The van der Waals surface area contributed by atoms with Crippen molar-refractivity contribution in [2.24, 2.45) is 15.0 Å². The molecule has 0 aromatic heterocycles. The first-order chi connectivity index (χ1) is 31.9. The van der Waals surface area contributed by atoms with Crippen LogP contribution in [0.3, 0.4) is 0 Å². The molecule has 3 rings (SSSR count). The normalized spacial score (nSPS) is 14.0. The molecule has 0 fully saturated rings. The van der Waals surface area contributed by atoms with Gasteiger partial charge >= 0.3 is 8.80 Å². The smallest absolute Gasteiger partial charge is 0.458 e. The molecule has 70 heavy (non-hydrogen) atoms. The second-order valence-corrected chi connectivity index (χ2v) is 46.8. The van der Waals surface area contributed by atoms with Crippen molar-refractivity contribution in [2.75, 3.05) is 0 Å². The molecule has 18 heteroatoms. The highest BCUT2D eigenvalue weighted by atomic mass is 28.5. The molecule has 0 aliphatic heterocycles. The number of nitrogens with zero attached hydrogens (tertiary/aromatic N) is 3. The van der Waals surface area contributed by atoms with Crippen molar-refractivity contribution in [2.45, 2.75) is 200 Å². The monoisotopic (exact) mass is 1080 g/mol. The maximum Gasteiger partial charge on any atom is 0.465 e. The van der Waals surface area contributed by atoms with Crippen LogP contribution in [0.2, 0.25) is 103 Å². The number of benzene rings is 3. The first-order valence-corrected chi connectivity index (χ1v) is 44.9. The highest BCUT2D eigenvalue weighted by Gasteiger charge is 2.43. The molecule has 3 atom stereocenters. The summed E-state index contributed by atoms with van der Waals surface area (Å²) >= 11 is 0. The lowest BCUT2D eigenvalue weighted by atomic mass is 9.91. The van der Waals surface area contributed by atoms with Gasteiger partial charge < -0.3 is 21.3 Å². The standard InChI is InChI=1S/C20H39NO4Si4.C17H29NO2Si2.C15H23NO2Si/c1-17(18-12-11-13-19(14-18)20(2,3)21-16-22)15-28(8,9)25-29(10,23-26(4)5)24-27(6)7;1-14(12-22(6,7)20-21(4)5)15-9-8-10-16(11-15)17(2,3)18-13-19;1-12(10-19(4,5)18)13-7-6-8-14(9-13)15(2,3)16-11-17/h11-14,17,26-27H,15H2,1-10H3;8-11,14,21H,12H2,1-7H3;6-9,12,18H,10H2,1-5H3. The summed E-state index contributed by atoms with van der Waals surface area (Å²) in [6.45, 7) is 46.4. The fraction of sp³-hybridized carbons (Fsp3) is 0.596. The van der Waals surface area contributed by atoms with Crippen molar-refractivity contribution in [1.29, 1.82) is 0 Å². The molecule has 0 bridgehead atoms. The Bertz CT molecular complexity index is 2240. The van der Waals surface area contributed by atoms with E-state index in [4.69, 9.17) is 16.5 Å². The fourth-order valence-corrected chi connectivity index (χ4v) is 32.8. The van der Waals surface area contributed by atoms with Crippen molar-refractivity contribution in [3.63, 3.8) is 0 Å². The molecule has 0 aliphatic rings. The SMILES string of the molecule is CC(C[Si](C)(C)O)c1cccc(C(C)(C)N=C=O)c1.CC(C[Si](C)(C)O[SiH](C)C)c1cccc(C(C)(C)N=C=O)c1.CC(C[Si](C)(C)O[Si](C)(O[SiH](C)C)O[SiH](C)C)c1cccc(C(C)(C)N=C=O)c1. The highest BCUT2D eigenvalue weighted by Crippen LogP contribution is 2.35. The van der Waals surface area contributed by atoms with E-state index in [-0.39, 0.29) is 0 Å². The predicted octanol–water partition coefficient (Wildman–Crippen LogP) is 13.3. The van der Waals surface area contributed by atoms with Gasteiger partial charge in [0.05, 0.1) is 16.6 Å². The van der Waals surface area contributed by atoms with E-state index in [1.54, 1.807) is 18.2 Å². The van der Waals surface area contributed by atoms with Crippen LogP contribution in [-0.4, -0.2) is 83.9 Å². The van der Waals surface area contributed by atoms with E-state index in [9.17, 15) is 19.2 Å². The van der Waals surface area contributed by atoms with Gasteiger partial charge in [-0.3, -0.25) is 0 Å². The minimum absolute atomic E-state index is 0.308. The summed E-state index contributed by atoms with van der Waals surface area (Å²) < 4.78 is 25.6. The molecule has 3 aromatic carbocycles. The van der Waals surface area contributed by atoms with Gasteiger partial charge in [0.2, 0.25) is 18.2 Å². The molecular weight excluding hydrogens is 991 g/mol. The lowest BCUT2D eigenvalue weighted by molar-refractivity contribution is 0.271. The Balaban J connectivity index is 0.000000538. The van der Waals surface area contributed by atoms with Gasteiger partial charge in [0.1, 0.15) is 0 Å².